The molecule has 12 heteroatoms. The van der Waals surface area contributed by atoms with Crippen LogP contribution < -0.4 is 4.84 Å². The van der Waals surface area contributed by atoms with Gasteiger partial charge in [0.25, 0.3) is 0 Å². The lowest BCUT2D eigenvalue weighted by atomic mass is 10.5. The first kappa shape index (κ1) is 26.3. The Labute approximate surface area is 194 Å². The molecule has 0 saturated carbocycles. The second kappa shape index (κ2) is 16.6. The molecule has 0 atom stereocenters. The molecule has 10 nitrogen and oxygen atoms in total. The van der Waals surface area contributed by atoms with E-state index in [1.54, 1.807) is 27.8 Å². The average Bonchev–Trinajstić information content (AvgIpc) is 3.11. The molecule has 2 heterocycles. The van der Waals surface area contributed by atoms with Crippen LogP contribution >= 0.6 is 21.6 Å². The molecule has 178 valence electrons. The van der Waals surface area contributed by atoms with Crippen molar-refractivity contribution < 1.29 is 38.8 Å². The molecule has 2 rings (SSSR count). The molecule has 0 fully saturated rings. The molecule has 2 N–H and O–H groups in total. The highest BCUT2D eigenvalue weighted by molar-refractivity contribution is 8.76. The van der Waals surface area contributed by atoms with Crippen molar-refractivity contribution in [3.63, 3.8) is 0 Å². The number of rotatable bonds is 18. The van der Waals surface area contributed by atoms with E-state index in [0.717, 1.165) is 10.8 Å². The SMILES string of the molecule is O=C(CCOCCOCCOCCOCCSSc1ccccn1)On1c(O)ccc1O. The zero-order valence-corrected chi connectivity index (χ0v) is 19.2. The van der Waals surface area contributed by atoms with Crippen LogP contribution in [0.15, 0.2) is 41.6 Å². The van der Waals surface area contributed by atoms with Crippen LogP contribution in [0, 0.1) is 0 Å². The van der Waals surface area contributed by atoms with Gasteiger partial charge in [0.2, 0.25) is 11.8 Å². The first-order chi connectivity index (χ1) is 15.7. The van der Waals surface area contributed by atoms with Crippen molar-refractivity contribution in [2.45, 2.75) is 11.4 Å². The molecule has 0 aliphatic rings. The highest BCUT2D eigenvalue weighted by Gasteiger charge is 2.11. The largest absolute Gasteiger partial charge is 0.492 e. The molecule has 0 aliphatic carbocycles. The molecule has 2 aromatic rings. The Morgan fingerprint density at radius 1 is 0.844 bits per heavy atom. The number of hydrogen-bond acceptors (Lipinski definition) is 11. The second-order valence-corrected chi connectivity index (χ2v) is 8.52. The van der Waals surface area contributed by atoms with Crippen LogP contribution in [0.5, 0.6) is 11.8 Å². The van der Waals surface area contributed by atoms with Crippen molar-refractivity contribution in [3.8, 4) is 11.8 Å². The third-order valence-corrected chi connectivity index (χ3v) is 5.88. The molecule has 0 radical (unpaired) electrons. The minimum atomic E-state index is -0.645. The van der Waals surface area contributed by atoms with Crippen LogP contribution in [0.2, 0.25) is 0 Å². The number of pyridine rings is 1. The predicted octanol–water partition coefficient (Wildman–Crippen LogP) is 2.15. The van der Waals surface area contributed by atoms with Crippen LogP contribution in [-0.2, 0) is 23.7 Å². The Balaban J connectivity index is 1.29. The summed E-state index contributed by atoms with van der Waals surface area (Å²) in [5.41, 5.74) is 0. The maximum absolute atomic E-state index is 11.6. The van der Waals surface area contributed by atoms with Gasteiger partial charge in [0.05, 0.1) is 59.3 Å². The highest BCUT2D eigenvalue weighted by Crippen LogP contribution is 2.28. The summed E-state index contributed by atoms with van der Waals surface area (Å²) >= 11 is 0. The number of aromatic hydroxyl groups is 2. The lowest BCUT2D eigenvalue weighted by Gasteiger charge is -2.08. The third kappa shape index (κ3) is 11.6. The van der Waals surface area contributed by atoms with Crippen LogP contribution in [0.25, 0.3) is 0 Å². The third-order valence-electron chi connectivity index (χ3n) is 3.65. The molecule has 0 aromatic carbocycles. The number of ether oxygens (including phenoxy) is 4. The monoisotopic (exact) mass is 488 g/mol. The van der Waals surface area contributed by atoms with Gasteiger partial charge in [0.15, 0.2) is 0 Å². The van der Waals surface area contributed by atoms with Gasteiger partial charge in [0, 0.05) is 24.1 Å². The van der Waals surface area contributed by atoms with E-state index in [1.165, 1.54) is 12.1 Å². The van der Waals surface area contributed by atoms with Gasteiger partial charge in [-0.3, -0.25) is 0 Å². The lowest BCUT2D eigenvalue weighted by Crippen LogP contribution is -2.20. The van der Waals surface area contributed by atoms with Crippen molar-refractivity contribution in [3.05, 3.63) is 36.5 Å². The fourth-order valence-electron chi connectivity index (χ4n) is 2.15. The Hall–Kier alpha value is -1.96. The van der Waals surface area contributed by atoms with Gasteiger partial charge in [0.1, 0.15) is 5.03 Å². The molecule has 0 spiro atoms. The van der Waals surface area contributed by atoms with Crippen LogP contribution in [0.4, 0.5) is 0 Å². The van der Waals surface area contributed by atoms with E-state index in [-0.39, 0.29) is 24.8 Å². The number of hydrogen-bond donors (Lipinski definition) is 2. The smallest absolute Gasteiger partial charge is 0.335 e. The molecule has 0 unspecified atom stereocenters. The summed E-state index contributed by atoms with van der Waals surface area (Å²) in [7, 11) is 3.34. The van der Waals surface area contributed by atoms with Crippen molar-refractivity contribution >= 4 is 27.6 Å². The Kier molecular flexibility index (Phi) is 13.7. The van der Waals surface area contributed by atoms with Gasteiger partial charge in [-0.15, -0.1) is 4.73 Å². The lowest BCUT2D eigenvalue weighted by molar-refractivity contribution is -0.146. The van der Waals surface area contributed by atoms with E-state index >= 15 is 0 Å². The van der Waals surface area contributed by atoms with Gasteiger partial charge in [-0.2, -0.15) is 0 Å². The van der Waals surface area contributed by atoms with Gasteiger partial charge >= 0.3 is 5.97 Å². The van der Waals surface area contributed by atoms with E-state index in [1.807, 2.05) is 18.2 Å². The van der Waals surface area contributed by atoms with Gasteiger partial charge < -0.3 is 34.0 Å². The van der Waals surface area contributed by atoms with Crippen molar-refractivity contribution in [2.24, 2.45) is 0 Å². The molecular weight excluding hydrogens is 460 g/mol. The number of aromatic nitrogens is 2. The van der Waals surface area contributed by atoms with Crippen molar-refractivity contribution in [2.75, 3.05) is 58.6 Å². The molecule has 0 aliphatic heterocycles. The zero-order chi connectivity index (χ0) is 22.9. The topological polar surface area (TPSA) is 122 Å². The summed E-state index contributed by atoms with van der Waals surface area (Å²) in [5, 5.41) is 19.7. The maximum atomic E-state index is 11.6. The van der Waals surface area contributed by atoms with Gasteiger partial charge in [-0.1, -0.05) is 16.9 Å². The number of carbonyl (C=O) groups is 1. The van der Waals surface area contributed by atoms with E-state index in [9.17, 15) is 15.0 Å². The van der Waals surface area contributed by atoms with Crippen molar-refractivity contribution in [1.29, 1.82) is 0 Å². The Bertz CT molecular complexity index is 744. The summed E-state index contributed by atoms with van der Waals surface area (Å²) < 4.78 is 22.2. The van der Waals surface area contributed by atoms with Gasteiger partial charge in [-0.25, -0.2) is 9.78 Å². The summed E-state index contributed by atoms with van der Waals surface area (Å²) in [5.74, 6) is -0.504. The minimum Gasteiger partial charge on any atom is -0.492 e. The minimum absolute atomic E-state index is 0.0273. The average molecular weight is 489 g/mol. The number of nitrogens with zero attached hydrogens (tertiary/aromatic N) is 2. The first-order valence-electron chi connectivity index (χ1n) is 9.99. The maximum Gasteiger partial charge on any atom is 0.335 e. The predicted molar refractivity (Wildman–Crippen MR) is 120 cm³/mol. The Morgan fingerprint density at radius 3 is 2.03 bits per heavy atom. The van der Waals surface area contributed by atoms with Crippen LogP contribution in [0.1, 0.15) is 6.42 Å². The Morgan fingerprint density at radius 2 is 1.44 bits per heavy atom. The number of carbonyl (C=O) groups excluding carboxylic acids is 1. The molecule has 0 bridgehead atoms. The van der Waals surface area contributed by atoms with Crippen molar-refractivity contribution in [1.82, 2.24) is 9.71 Å². The second-order valence-electron chi connectivity index (χ2n) is 6.08. The highest BCUT2D eigenvalue weighted by atomic mass is 33.1. The fraction of sp³-hybridized carbons (Fsp3) is 0.500. The van der Waals surface area contributed by atoms with E-state index in [2.05, 4.69) is 4.98 Å². The zero-order valence-electron chi connectivity index (χ0n) is 17.6. The van der Waals surface area contributed by atoms with E-state index in [4.69, 9.17) is 23.8 Å². The summed E-state index contributed by atoms with van der Waals surface area (Å²) in [6.45, 7) is 3.43. The molecule has 0 saturated heterocycles. The van der Waals surface area contributed by atoms with E-state index < -0.39 is 5.97 Å². The molecule has 32 heavy (non-hydrogen) atoms. The summed E-state index contributed by atoms with van der Waals surface area (Å²) in [6, 6.07) is 8.25. The summed E-state index contributed by atoms with van der Waals surface area (Å²) in [4.78, 5) is 20.6. The first-order valence-corrected chi connectivity index (χ1v) is 12.3. The fourth-order valence-corrected chi connectivity index (χ4v) is 3.89. The van der Waals surface area contributed by atoms with Crippen LogP contribution in [0.3, 0.4) is 0 Å². The van der Waals surface area contributed by atoms with Gasteiger partial charge in [-0.05, 0) is 22.9 Å². The molecule has 0 amide bonds. The van der Waals surface area contributed by atoms with Crippen LogP contribution in [-0.4, -0.2) is 84.5 Å². The standard InChI is InChI=1S/C20H28N2O8S2/c23-18-4-5-19(24)22(18)30-20(25)6-8-26-9-10-27-11-12-28-13-14-29-15-16-31-32-17-3-1-2-7-21-17/h1-5,7,23-24H,6,8-16H2. The normalized spacial score (nSPS) is 11.0. The molecular formula is C20H28N2O8S2. The molecule has 2 aromatic heterocycles. The summed E-state index contributed by atoms with van der Waals surface area (Å²) in [6.07, 6.45) is 1.75. The van der Waals surface area contributed by atoms with E-state index in [0.29, 0.717) is 51.0 Å². The quantitative estimate of drug-likeness (QED) is 0.237.